The lowest BCUT2D eigenvalue weighted by Crippen LogP contribution is -2.44. The van der Waals surface area contributed by atoms with Crippen LogP contribution < -0.4 is 15.4 Å². The number of benzene rings is 1. The van der Waals surface area contributed by atoms with Crippen molar-refractivity contribution in [2.45, 2.75) is 13.3 Å². The van der Waals surface area contributed by atoms with Crippen LogP contribution >= 0.6 is 24.0 Å². The molecule has 2 rings (SSSR count). The summed E-state index contributed by atoms with van der Waals surface area (Å²) >= 11 is 0. The highest BCUT2D eigenvalue weighted by atomic mass is 127. The lowest BCUT2D eigenvalue weighted by molar-refractivity contribution is 0.0320. The molecule has 0 saturated carbocycles. The van der Waals surface area contributed by atoms with Gasteiger partial charge in [0, 0.05) is 39.8 Å². The van der Waals surface area contributed by atoms with Gasteiger partial charge in [-0.3, -0.25) is 9.89 Å². The second-order valence-electron chi connectivity index (χ2n) is 6.46. The first-order chi connectivity index (χ1) is 12.2. The van der Waals surface area contributed by atoms with Gasteiger partial charge in [-0.2, -0.15) is 0 Å². The molecule has 0 spiro atoms. The van der Waals surface area contributed by atoms with Gasteiger partial charge in [-0.25, -0.2) is 0 Å². The van der Waals surface area contributed by atoms with Crippen LogP contribution in [-0.2, 0) is 11.2 Å². The molecule has 0 radical (unpaired) electrons. The third-order valence-electron chi connectivity index (χ3n) is 4.39. The molecule has 148 valence electrons. The smallest absolute Gasteiger partial charge is 0.190 e. The van der Waals surface area contributed by atoms with Gasteiger partial charge >= 0.3 is 0 Å². The highest BCUT2D eigenvalue weighted by Gasteiger charge is 2.14. The van der Waals surface area contributed by atoms with E-state index >= 15 is 0 Å². The first-order valence-corrected chi connectivity index (χ1v) is 9.09. The summed E-state index contributed by atoms with van der Waals surface area (Å²) in [6.07, 6.45) is 0.897. The quantitative estimate of drug-likeness (QED) is 0.342. The maximum absolute atomic E-state index is 5.40. The maximum atomic E-state index is 5.40. The Morgan fingerprint density at radius 2 is 2.00 bits per heavy atom. The van der Waals surface area contributed by atoms with E-state index in [0.717, 1.165) is 64.1 Å². The minimum absolute atomic E-state index is 0. The third-order valence-corrected chi connectivity index (χ3v) is 4.39. The summed E-state index contributed by atoms with van der Waals surface area (Å²) in [7, 11) is 3.52. The van der Waals surface area contributed by atoms with Crippen molar-refractivity contribution >= 4 is 29.9 Å². The Kier molecular flexibility index (Phi) is 11.6. The van der Waals surface area contributed by atoms with Crippen LogP contribution in [0.2, 0.25) is 0 Å². The van der Waals surface area contributed by atoms with Crippen molar-refractivity contribution in [3.63, 3.8) is 0 Å². The van der Waals surface area contributed by atoms with Crippen LogP contribution in [0.15, 0.2) is 29.3 Å². The van der Waals surface area contributed by atoms with E-state index in [1.807, 2.05) is 25.2 Å². The molecule has 1 fully saturated rings. The minimum Gasteiger partial charge on any atom is -0.496 e. The van der Waals surface area contributed by atoms with Crippen LogP contribution in [0.5, 0.6) is 5.75 Å². The summed E-state index contributed by atoms with van der Waals surface area (Å²) < 4.78 is 10.8. The van der Waals surface area contributed by atoms with E-state index in [0.29, 0.717) is 5.92 Å². The van der Waals surface area contributed by atoms with Gasteiger partial charge in [0.25, 0.3) is 0 Å². The third kappa shape index (κ3) is 8.09. The predicted octanol–water partition coefficient (Wildman–Crippen LogP) is 1.99. The zero-order valence-corrected chi connectivity index (χ0v) is 18.5. The molecular weight excluding hydrogens is 443 g/mol. The molecule has 6 nitrogen and oxygen atoms in total. The molecule has 1 heterocycles. The van der Waals surface area contributed by atoms with Gasteiger partial charge in [0.1, 0.15) is 5.75 Å². The number of nitrogens with one attached hydrogen (secondary N) is 2. The largest absolute Gasteiger partial charge is 0.496 e. The lowest BCUT2D eigenvalue weighted by atomic mass is 10.1. The van der Waals surface area contributed by atoms with Crippen molar-refractivity contribution in [1.82, 2.24) is 15.5 Å². The normalized spacial score (nSPS) is 16.5. The van der Waals surface area contributed by atoms with E-state index in [1.54, 1.807) is 7.11 Å². The van der Waals surface area contributed by atoms with E-state index in [9.17, 15) is 0 Å². The molecule has 1 aliphatic heterocycles. The Bertz CT molecular complexity index is 536. The average Bonchev–Trinajstić information content (AvgIpc) is 2.65. The maximum Gasteiger partial charge on any atom is 0.190 e. The van der Waals surface area contributed by atoms with E-state index in [2.05, 4.69) is 33.5 Å². The molecule has 0 aromatic heterocycles. The van der Waals surface area contributed by atoms with E-state index in [-0.39, 0.29) is 24.0 Å². The molecule has 1 saturated heterocycles. The van der Waals surface area contributed by atoms with Crippen LogP contribution in [0, 0.1) is 5.92 Å². The Hall–Kier alpha value is -1.06. The predicted molar refractivity (Wildman–Crippen MR) is 118 cm³/mol. The van der Waals surface area contributed by atoms with Crippen LogP contribution in [0.4, 0.5) is 0 Å². The lowest BCUT2D eigenvalue weighted by Gasteiger charge is -2.29. The number of rotatable bonds is 8. The molecule has 0 amide bonds. The Balaban J connectivity index is 0.00000338. The fourth-order valence-corrected chi connectivity index (χ4v) is 3.01. The number of halogens is 1. The number of morpholine rings is 1. The number of nitrogens with zero attached hydrogens (tertiary/aromatic N) is 2. The Morgan fingerprint density at radius 3 is 2.69 bits per heavy atom. The molecule has 1 aromatic carbocycles. The Morgan fingerprint density at radius 1 is 1.27 bits per heavy atom. The topological polar surface area (TPSA) is 58.1 Å². The average molecular weight is 476 g/mol. The summed E-state index contributed by atoms with van der Waals surface area (Å²) in [5.74, 6) is 2.35. The van der Waals surface area contributed by atoms with Crippen molar-refractivity contribution in [3.05, 3.63) is 29.8 Å². The van der Waals surface area contributed by atoms with E-state index in [4.69, 9.17) is 9.47 Å². The number of para-hydroxylation sites is 1. The van der Waals surface area contributed by atoms with Crippen LogP contribution in [0.1, 0.15) is 12.5 Å². The number of guanidine groups is 1. The van der Waals surface area contributed by atoms with Gasteiger partial charge in [0.15, 0.2) is 5.96 Å². The fraction of sp³-hybridized carbons (Fsp3) is 0.632. The van der Waals surface area contributed by atoms with Gasteiger partial charge in [0.05, 0.1) is 20.3 Å². The van der Waals surface area contributed by atoms with Crippen LogP contribution in [-0.4, -0.2) is 71.0 Å². The molecule has 1 atom stereocenters. The highest BCUT2D eigenvalue weighted by Crippen LogP contribution is 2.17. The van der Waals surface area contributed by atoms with Gasteiger partial charge in [0.2, 0.25) is 0 Å². The molecule has 1 unspecified atom stereocenters. The molecule has 7 heteroatoms. The van der Waals surface area contributed by atoms with Crippen molar-refractivity contribution < 1.29 is 9.47 Å². The number of ether oxygens (including phenoxy) is 2. The first kappa shape index (κ1) is 23.0. The molecule has 2 N–H and O–H groups in total. The fourth-order valence-electron chi connectivity index (χ4n) is 3.01. The molecule has 0 bridgehead atoms. The second-order valence-corrected chi connectivity index (χ2v) is 6.46. The van der Waals surface area contributed by atoms with Crippen molar-refractivity contribution in [2.75, 3.05) is 60.1 Å². The summed E-state index contributed by atoms with van der Waals surface area (Å²) in [4.78, 5) is 6.78. The van der Waals surface area contributed by atoms with Crippen LogP contribution in [0.25, 0.3) is 0 Å². The number of aliphatic imine (C=N–C) groups is 1. The number of hydrogen-bond donors (Lipinski definition) is 2. The SMILES string of the molecule is CN=C(NCCc1ccccc1OC)NCC(C)CN1CCOCC1.I. The molecule has 1 aliphatic rings. The highest BCUT2D eigenvalue weighted by molar-refractivity contribution is 14.0. The summed E-state index contributed by atoms with van der Waals surface area (Å²) in [6.45, 7) is 8.87. The van der Waals surface area contributed by atoms with Gasteiger partial charge < -0.3 is 20.1 Å². The summed E-state index contributed by atoms with van der Waals surface area (Å²) in [5, 5.41) is 6.80. The van der Waals surface area contributed by atoms with Crippen molar-refractivity contribution in [3.8, 4) is 5.75 Å². The second kappa shape index (κ2) is 13.2. The van der Waals surface area contributed by atoms with Crippen molar-refractivity contribution in [1.29, 1.82) is 0 Å². The monoisotopic (exact) mass is 476 g/mol. The molecule has 0 aliphatic carbocycles. The van der Waals surface area contributed by atoms with E-state index in [1.165, 1.54) is 5.56 Å². The van der Waals surface area contributed by atoms with Gasteiger partial charge in [-0.1, -0.05) is 25.1 Å². The number of hydrogen-bond acceptors (Lipinski definition) is 4. The number of methoxy groups -OCH3 is 1. The minimum atomic E-state index is 0. The molecular formula is C19H33IN4O2. The summed E-state index contributed by atoms with van der Waals surface area (Å²) in [6, 6.07) is 8.13. The van der Waals surface area contributed by atoms with Crippen LogP contribution in [0.3, 0.4) is 0 Å². The zero-order valence-electron chi connectivity index (χ0n) is 16.2. The Labute approximate surface area is 174 Å². The zero-order chi connectivity index (χ0) is 17.9. The van der Waals surface area contributed by atoms with Gasteiger partial charge in [-0.05, 0) is 24.0 Å². The standard InChI is InChI=1S/C19H32N4O2.HI/c1-16(15-23-10-12-25-13-11-23)14-22-19(20-2)21-9-8-17-6-4-5-7-18(17)24-3;/h4-7,16H,8-15H2,1-3H3,(H2,20,21,22);1H. The molecule has 1 aromatic rings. The van der Waals surface area contributed by atoms with E-state index < -0.39 is 0 Å². The van der Waals surface area contributed by atoms with Gasteiger partial charge in [-0.15, -0.1) is 24.0 Å². The first-order valence-electron chi connectivity index (χ1n) is 9.09. The molecule has 26 heavy (non-hydrogen) atoms. The van der Waals surface area contributed by atoms with Crippen molar-refractivity contribution in [2.24, 2.45) is 10.9 Å². The summed E-state index contributed by atoms with van der Waals surface area (Å²) in [5.41, 5.74) is 1.20.